The van der Waals surface area contributed by atoms with Crippen molar-refractivity contribution >= 4 is 0 Å². The SMILES string of the molecule is CC(C)CCn1nnc(CN)c1-c1cccnc1. The molecule has 18 heavy (non-hydrogen) atoms. The lowest BCUT2D eigenvalue weighted by Crippen LogP contribution is -2.06. The summed E-state index contributed by atoms with van der Waals surface area (Å²) in [6.07, 6.45) is 4.65. The zero-order valence-electron chi connectivity index (χ0n) is 10.9. The number of nitrogens with two attached hydrogens (primary N) is 1. The normalized spacial score (nSPS) is 11.1. The number of aryl methyl sites for hydroxylation is 1. The molecule has 0 spiro atoms. The van der Waals surface area contributed by atoms with Gasteiger partial charge < -0.3 is 5.73 Å². The number of pyridine rings is 1. The molecule has 0 saturated heterocycles. The third kappa shape index (κ3) is 2.73. The Bertz CT molecular complexity index is 489. The maximum absolute atomic E-state index is 5.72. The molecular formula is C13H19N5. The van der Waals surface area contributed by atoms with Gasteiger partial charge >= 0.3 is 0 Å². The van der Waals surface area contributed by atoms with Crippen molar-refractivity contribution in [3.8, 4) is 11.3 Å². The highest BCUT2D eigenvalue weighted by Crippen LogP contribution is 2.21. The molecule has 2 heterocycles. The molecule has 5 heteroatoms. The van der Waals surface area contributed by atoms with Crippen LogP contribution in [0, 0.1) is 5.92 Å². The minimum Gasteiger partial charge on any atom is -0.325 e. The second-order valence-corrected chi connectivity index (χ2v) is 4.74. The predicted molar refractivity (Wildman–Crippen MR) is 70.6 cm³/mol. The van der Waals surface area contributed by atoms with Crippen LogP contribution in [0.2, 0.25) is 0 Å². The van der Waals surface area contributed by atoms with Crippen molar-refractivity contribution in [1.82, 2.24) is 20.0 Å². The fraction of sp³-hybridized carbons (Fsp3) is 0.462. The summed E-state index contributed by atoms with van der Waals surface area (Å²) in [6, 6.07) is 3.92. The maximum atomic E-state index is 5.72. The lowest BCUT2D eigenvalue weighted by atomic mass is 10.1. The summed E-state index contributed by atoms with van der Waals surface area (Å²) >= 11 is 0. The minimum atomic E-state index is 0.395. The van der Waals surface area contributed by atoms with Crippen molar-refractivity contribution < 1.29 is 0 Å². The van der Waals surface area contributed by atoms with Crippen LogP contribution in [0.15, 0.2) is 24.5 Å². The molecule has 0 amide bonds. The van der Waals surface area contributed by atoms with Crippen molar-refractivity contribution in [3.63, 3.8) is 0 Å². The van der Waals surface area contributed by atoms with Crippen molar-refractivity contribution in [2.45, 2.75) is 33.4 Å². The second kappa shape index (κ2) is 5.73. The van der Waals surface area contributed by atoms with Gasteiger partial charge in [-0.3, -0.25) is 4.98 Å². The zero-order chi connectivity index (χ0) is 13.0. The Morgan fingerprint density at radius 2 is 2.22 bits per heavy atom. The van der Waals surface area contributed by atoms with Crippen LogP contribution in [0.4, 0.5) is 0 Å². The Morgan fingerprint density at radius 1 is 1.39 bits per heavy atom. The molecule has 2 aromatic heterocycles. The van der Waals surface area contributed by atoms with Gasteiger partial charge in [0.15, 0.2) is 0 Å². The number of hydrogen-bond acceptors (Lipinski definition) is 4. The van der Waals surface area contributed by atoms with E-state index in [4.69, 9.17) is 5.73 Å². The summed E-state index contributed by atoms with van der Waals surface area (Å²) in [7, 11) is 0. The van der Waals surface area contributed by atoms with E-state index in [1.165, 1.54) is 0 Å². The molecule has 2 rings (SSSR count). The van der Waals surface area contributed by atoms with Crippen molar-refractivity contribution in [3.05, 3.63) is 30.2 Å². The van der Waals surface area contributed by atoms with Gasteiger partial charge in [0, 0.05) is 31.0 Å². The lowest BCUT2D eigenvalue weighted by Gasteiger charge is -2.09. The van der Waals surface area contributed by atoms with Gasteiger partial charge in [0.2, 0.25) is 0 Å². The highest BCUT2D eigenvalue weighted by molar-refractivity contribution is 5.60. The standard InChI is InChI=1S/C13H19N5/c1-10(2)5-7-18-13(12(8-14)16-17-18)11-4-3-6-15-9-11/h3-4,6,9-10H,5,7-8,14H2,1-2H3. The summed E-state index contributed by atoms with van der Waals surface area (Å²) in [4.78, 5) is 4.14. The molecule has 0 fully saturated rings. The van der Waals surface area contributed by atoms with Gasteiger partial charge in [-0.25, -0.2) is 4.68 Å². The minimum absolute atomic E-state index is 0.395. The lowest BCUT2D eigenvalue weighted by molar-refractivity contribution is 0.481. The molecule has 0 bridgehead atoms. The highest BCUT2D eigenvalue weighted by Gasteiger charge is 2.13. The third-order valence-electron chi connectivity index (χ3n) is 2.85. The first-order valence-corrected chi connectivity index (χ1v) is 6.25. The topological polar surface area (TPSA) is 69.6 Å². The van der Waals surface area contributed by atoms with Crippen LogP contribution >= 0.6 is 0 Å². The van der Waals surface area contributed by atoms with Gasteiger partial charge in [0.1, 0.15) is 5.69 Å². The van der Waals surface area contributed by atoms with E-state index in [0.29, 0.717) is 12.5 Å². The summed E-state index contributed by atoms with van der Waals surface area (Å²) in [5.74, 6) is 0.636. The Hall–Kier alpha value is -1.75. The van der Waals surface area contributed by atoms with Crippen LogP contribution in [0.1, 0.15) is 26.0 Å². The number of hydrogen-bond donors (Lipinski definition) is 1. The Balaban J connectivity index is 2.34. The number of rotatable bonds is 5. The van der Waals surface area contributed by atoms with E-state index in [-0.39, 0.29) is 0 Å². The van der Waals surface area contributed by atoms with E-state index in [1.807, 2.05) is 23.0 Å². The molecule has 5 nitrogen and oxygen atoms in total. The van der Waals surface area contributed by atoms with E-state index in [2.05, 4.69) is 29.1 Å². The van der Waals surface area contributed by atoms with Crippen molar-refractivity contribution in [2.24, 2.45) is 11.7 Å². The summed E-state index contributed by atoms with van der Waals surface area (Å²) < 4.78 is 1.93. The number of nitrogens with zero attached hydrogens (tertiary/aromatic N) is 4. The van der Waals surface area contributed by atoms with Gasteiger partial charge in [-0.2, -0.15) is 0 Å². The zero-order valence-corrected chi connectivity index (χ0v) is 10.9. The highest BCUT2D eigenvalue weighted by atomic mass is 15.4. The van der Waals surface area contributed by atoms with Gasteiger partial charge in [-0.1, -0.05) is 19.1 Å². The maximum Gasteiger partial charge on any atom is 0.104 e. The molecule has 0 saturated carbocycles. The van der Waals surface area contributed by atoms with Crippen molar-refractivity contribution in [1.29, 1.82) is 0 Å². The third-order valence-corrected chi connectivity index (χ3v) is 2.85. The van der Waals surface area contributed by atoms with E-state index in [0.717, 1.165) is 29.9 Å². The van der Waals surface area contributed by atoms with Gasteiger partial charge in [-0.05, 0) is 24.5 Å². The first-order valence-electron chi connectivity index (χ1n) is 6.25. The summed E-state index contributed by atoms with van der Waals surface area (Å²) in [5.41, 5.74) is 8.56. The van der Waals surface area contributed by atoms with Crippen LogP contribution in [0.3, 0.4) is 0 Å². The first-order chi connectivity index (χ1) is 8.72. The summed E-state index contributed by atoms with van der Waals surface area (Å²) in [5, 5.41) is 8.34. The molecule has 0 aliphatic rings. The van der Waals surface area contributed by atoms with Crippen LogP contribution in [-0.4, -0.2) is 20.0 Å². The first kappa shape index (κ1) is 12.7. The summed E-state index contributed by atoms with van der Waals surface area (Å²) in [6.45, 7) is 5.65. The fourth-order valence-electron chi connectivity index (χ4n) is 1.84. The molecule has 0 aromatic carbocycles. The Labute approximate surface area is 107 Å². The number of aromatic nitrogens is 4. The van der Waals surface area contributed by atoms with Gasteiger partial charge in [0.25, 0.3) is 0 Å². The average molecular weight is 245 g/mol. The molecule has 0 unspecified atom stereocenters. The van der Waals surface area contributed by atoms with Gasteiger partial charge in [-0.15, -0.1) is 5.10 Å². The molecule has 0 atom stereocenters. The second-order valence-electron chi connectivity index (χ2n) is 4.74. The predicted octanol–water partition coefficient (Wildman–Crippen LogP) is 1.84. The van der Waals surface area contributed by atoms with Crippen LogP contribution in [0.25, 0.3) is 11.3 Å². The average Bonchev–Trinajstić information content (AvgIpc) is 2.80. The molecule has 0 aliphatic heterocycles. The van der Waals surface area contributed by atoms with E-state index < -0.39 is 0 Å². The smallest absolute Gasteiger partial charge is 0.104 e. The van der Waals surface area contributed by atoms with E-state index >= 15 is 0 Å². The van der Waals surface area contributed by atoms with Crippen molar-refractivity contribution in [2.75, 3.05) is 0 Å². The van der Waals surface area contributed by atoms with Crippen LogP contribution in [-0.2, 0) is 13.1 Å². The van der Waals surface area contributed by atoms with Gasteiger partial charge in [0.05, 0.1) is 5.69 Å². The largest absolute Gasteiger partial charge is 0.325 e. The fourth-order valence-corrected chi connectivity index (χ4v) is 1.84. The molecule has 0 radical (unpaired) electrons. The van der Waals surface area contributed by atoms with E-state index in [9.17, 15) is 0 Å². The molecule has 96 valence electrons. The Kier molecular flexibility index (Phi) is 4.04. The molecule has 0 aliphatic carbocycles. The monoisotopic (exact) mass is 245 g/mol. The van der Waals surface area contributed by atoms with Crippen LogP contribution < -0.4 is 5.73 Å². The Morgan fingerprint density at radius 3 is 2.83 bits per heavy atom. The molecule has 2 N–H and O–H groups in total. The van der Waals surface area contributed by atoms with E-state index in [1.54, 1.807) is 6.20 Å². The quantitative estimate of drug-likeness (QED) is 0.872. The molecular weight excluding hydrogens is 226 g/mol. The molecule has 2 aromatic rings. The van der Waals surface area contributed by atoms with Crippen LogP contribution in [0.5, 0.6) is 0 Å².